The first-order valence-electron chi connectivity index (χ1n) is 10.7. The standard InChI is InChI=1S/C19H37NO3.C2H4O/c1-2-3-4-5-6-7-8-9-12-23-17-15-18(19(21)16-17)20-10-13-22-14-11-20;1-2-3/h17-19,21H,2-16H2,1H3;2H,1H3/t17-,18-,19-;/m0./s1. The van der Waals surface area contributed by atoms with Crippen molar-refractivity contribution in [2.24, 2.45) is 0 Å². The molecule has 0 unspecified atom stereocenters. The summed E-state index contributed by atoms with van der Waals surface area (Å²) < 4.78 is 11.4. The summed E-state index contributed by atoms with van der Waals surface area (Å²) in [6.45, 7) is 8.07. The van der Waals surface area contributed by atoms with Crippen molar-refractivity contribution < 1.29 is 19.4 Å². The van der Waals surface area contributed by atoms with Gasteiger partial charge in [-0.05, 0) is 19.8 Å². The highest BCUT2D eigenvalue weighted by Crippen LogP contribution is 2.28. The van der Waals surface area contributed by atoms with E-state index in [0.717, 1.165) is 52.0 Å². The minimum absolute atomic E-state index is 0.225. The van der Waals surface area contributed by atoms with Gasteiger partial charge in [0.25, 0.3) is 0 Å². The molecule has 0 bridgehead atoms. The van der Waals surface area contributed by atoms with Crippen LogP contribution in [0, 0.1) is 0 Å². The highest BCUT2D eigenvalue weighted by molar-refractivity contribution is 5.44. The zero-order chi connectivity index (χ0) is 19.0. The Bertz CT molecular complexity index is 334. The van der Waals surface area contributed by atoms with Gasteiger partial charge in [-0.25, -0.2) is 0 Å². The van der Waals surface area contributed by atoms with Crippen molar-refractivity contribution >= 4 is 6.29 Å². The molecule has 0 aromatic carbocycles. The van der Waals surface area contributed by atoms with E-state index in [9.17, 15) is 5.11 Å². The maximum absolute atomic E-state index is 10.3. The van der Waals surface area contributed by atoms with Gasteiger partial charge in [-0.2, -0.15) is 0 Å². The molecular weight excluding hydrogens is 330 g/mol. The van der Waals surface area contributed by atoms with Gasteiger partial charge in [0, 0.05) is 32.2 Å². The minimum Gasteiger partial charge on any atom is -0.391 e. The lowest BCUT2D eigenvalue weighted by molar-refractivity contribution is -0.106. The molecule has 5 heteroatoms. The normalized spacial score (nSPS) is 26.3. The van der Waals surface area contributed by atoms with E-state index in [-0.39, 0.29) is 18.2 Å². The summed E-state index contributed by atoms with van der Waals surface area (Å²) in [6.07, 6.45) is 13.2. The number of ether oxygens (including phenoxy) is 2. The molecule has 26 heavy (non-hydrogen) atoms. The first-order valence-corrected chi connectivity index (χ1v) is 10.7. The molecule has 1 saturated heterocycles. The molecule has 1 heterocycles. The average molecular weight is 372 g/mol. The summed E-state index contributed by atoms with van der Waals surface area (Å²) >= 11 is 0. The van der Waals surface area contributed by atoms with Gasteiger partial charge < -0.3 is 19.4 Å². The monoisotopic (exact) mass is 371 g/mol. The lowest BCUT2D eigenvalue weighted by atomic mass is 10.1. The number of hydrogen-bond donors (Lipinski definition) is 1. The molecule has 0 spiro atoms. The fourth-order valence-corrected chi connectivity index (χ4v) is 3.87. The van der Waals surface area contributed by atoms with Crippen LogP contribution in [0.3, 0.4) is 0 Å². The number of unbranched alkanes of at least 4 members (excludes halogenated alkanes) is 7. The number of aliphatic hydroxyl groups is 1. The van der Waals surface area contributed by atoms with Crippen LogP contribution in [0.1, 0.15) is 78.1 Å². The van der Waals surface area contributed by atoms with Crippen LogP contribution in [0.15, 0.2) is 0 Å². The molecule has 1 N–H and O–H groups in total. The van der Waals surface area contributed by atoms with Crippen LogP contribution >= 0.6 is 0 Å². The molecule has 1 aliphatic carbocycles. The summed E-state index contributed by atoms with van der Waals surface area (Å²) in [6, 6.07) is 0.280. The first kappa shape index (κ1) is 23.5. The van der Waals surface area contributed by atoms with E-state index in [4.69, 9.17) is 14.3 Å². The number of aliphatic hydroxyl groups excluding tert-OH is 1. The van der Waals surface area contributed by atoms with Crippen molar-refractivity contribution in [3.8, 4) is 0 Å². The van der Waals surface area contributed by atoms with Gasteiger partial charge in [-0.3, -0.25) is 4.90 Å². The Morgan fingerprint density at radius 1 is 1.04 bits per heavy atom. The van der Waals surface area contributed by atoms with E-state index in [1.54, 1.807) is 0 Å². The summed E-state index contributed by atoms with van der Waals surface area (Å²) in [5.41, 5.74) is 0. The topological polar surface area (TPSA) is 59.0 Å². The van der Waals surface area contributed by atoms with Gasteiger partial charge >= 0.3 is 0 Å². The van der Waals surface area contributed by atoms with Crippen LogP contribution in [0.5, 0.6) is 0 Å². The molecular formula is C21H41NO4. The maximum Gasteiger partial charge on any atom is 0.116 e. The van der Waals surface area contributed by atoms with Gasteiger partial charge in [0.05, 0.1) is 25.4 Å². The van der Waals surface area contributed by atoms with E-state index in [1.807, 2.05) is 0 Å². The molecule has 2 aliphatic rings. The molecule has 0 radical (unpaired) electrons. The predicted octanol–water partition coefficient (Wildman–Crippen LogP) is 3.57. The SMILES string of the molecule is CC=O.CCCCCCCCCCO[C@@H]1C[C@H](O)[C@@H](N2CCOCC2)C1. The quantitative estimate of drug-likeness (QED) is 0.444. The van der Waals surface area contributed by atoms with E-state index in [1.165, 1.54) is 58.3 Å². The van der Waals surface area contributed by atoms with Crippen LogP contribution in [0.25, 0.3) is 0 Å². The van der Waals surface area contributed by atoms with Crippen molar-refractivity contribution in [1.29, 1.82) is 0 Å². The van der Waals surface area contributed by atoms with E-state index in [0.29, 0.717) is 0 Å². The van der Waals surface area contributed by atoms with Crippen LogP contribution in [-0.4, -0.2) is 67.5 Å². The van der Waals surface area contributed by atoms with Crippen LogP contribution in [0.2, 0.25) is 0 Å². The van der Waals surface area contributed by atoms with Crippen LogP contribution in [0.4, 0.5) is 0 Å². The predicted molar refractivity (Wildman–Crippen MR) is 106 cm³/mol. The summed E-state index contributed by atoms with van der Waals surface area (Å²) in [4.78, 5) is 11.2. The fourth-order valence-electron chi connectivity index (χ4n) is 3.87. The van der Waals surface area contributed by atoms with Gasteiger partial charge in [0.2, 0.25) is 0 Å². The Morgan fingerprint density at radius 2 is 1.62 bits per heavy atom. The zero-order valence-electron chi connectivity index (χ0n) is 17.0. The number of aldehydes is 1. The molecule has 3 atom stereocenters. The minimum atomic E-state index is -0.225. The van der Waals surface area contributed by atoms with Gasteiger partial charge in [0.15, 0.2) is 0 Å². The summed E-state index contributed by atoms with van der Waals surface area (Å²) in [7, 11) is 0. The molecule has 5 nitrogen and oxygen atoms in total. The van der Waals surface area contributed by atoms with Crippen LogP contribution in [-0.2, 0) is 14.3 Å². The van der Waals surface area contributed by atoms with Gasteiger partial charge in [0.1, 0.15) is 6.29 Å². The molecule has 0 aromatic heterocycles. The third-order valence-electron chi connectivity index (χ3n) is 5.32. The number of rotatable bonds is 11. The van der Waals surface area contributed by atoms with Crippen molar-refractivity contribution in [3.63, 3.8) is 0 Å². The van der Waals surface area contributed by atoms with Gasteiger partial charge in [-0.1, -0.05) is 51.9 Å². The fraction of sp³-hybridized carbons (Fsp3) is 0.952. The maximum atomic E-state index is 10.3. The first-order chi connectivity index (χ1) is 12.7. The Labute approximate surface area is 160 Å². The average Bonchev–Trinajstić information content (AvgIpc) is 3.02. The molecule has 1 saturated carbocycles. The van der Waals surface area contributed by atoms with Crippen molar-refractivity contribution in [2.75, 3.05) is 32.9 Å². The zero-order valence-corrected chi connectivity index (χ0v) is 17.0. The Hall–Kier alpha value is -0.490. The molecule has 154 valence electrons. The summed E-state index contributed by atoms with van der Waals surface area (Å²) in [5.74, 6) is 0. The highest BCUT2D eigenvalue weighted by Gasteiger charge is 2.37. The second kappa shape index (κ2) is 15.6. The van der Waals surface area contributed by atoms with Crippen LogP contribution < -0.4 is 0 Å². The van der Waals surface area contributed by atoms with E-state index >= 15 is 0 Å². The molecule has 0 aromatic rings. The largest absolute Gasteiger partial charge is 0.391 e. The molecule has 2 fully saturated rings. The van der Waals surface area contributed by atoms with E-state index in [2.05, 4.69) is 11.8 Å². The Morgan fingerprint density at radius 3 is 2.23 bits per heavy atom. The second-order valence-electron chi connectivity index (χ2n) is 7.46. The lowest BCUT2D eigenvalue weighted by Crippen LogP contribution is -2.46. The van der Waals surface area contributed by atoms with E-state index < -0.39 is 0 Å². The number of hydrogen-bond acceptors (Lipinski definition) is 5. The van der Waals surface area contributed by atoms with Crippen molar-refractivity contribution in [1.82, 2.24) is 4.90 Å². The number of nitrogens with zero attached hydrogens (tertiary/aromatic N) is 1. The van der Waals surface area contributed by atoms with Gasteiger partial charge in [-0.15, -0.1) is 0 Å². The number of morpholine rings is 1. The van der Waals surface area contributed by atoms with Crippen molar-refractivity contribution in [2.45, 2.75) is 96.3 Å². The Kier molecular flexibility index (Phi) is 14.1. The third-order valence-corrected chi connectivity index (χ3v) is 5.32. The molecule has 0 amide bonds. The smallest absolute Gasteiger partial charge is 0.116 e. The third kappa shape index (κ3) is 10.0. The molecule has 2 rings (SSSR count). The summed E-state index contributed by atoms with van der Waals surface area (Å²) in [5, 5.41) is 10.3. The Balaban J connectivity index is 0.00000105. The number of carbonyl (C=O) groups excluding carboxylic acids is 1. The second-order valence-corrected chi connectivity index (χ2v) is 7.46. The van der Waals surface area contributed by atoms with Crippen molar-refractivity contribution in [3.05, 3.63) is 0 Å². The molecule has 1 aliphatic heterocycles. The number of carbonyl (C=O) groups is 1. The lowest BCUT2D eigenvalue weighted by Gasteiger charge is -2.33. The highest BCUT2D eigenvalue weighted by atomic mass is 16.5.